The van der Waals surface area contributed by atoms with E-state index in [0.29, 0.717) is 17.9 Å². The van der Waals surface area contributed by atoms with Gasteiger partial charge in [-0.15, -0.1) is 0 Å². The van der Waals surface area contributed by atoms with E-state index in [2.05, 4.69) is 15.0 Å². The molecule has 0 radical (unpaired) electrons. The minimum absolute atomic E-state index is 0.0409. The predicted molar refractivity (Wildman–Crippen MR) is 113 cm³/mol. The van der Waals surface area contributed by atoms with Gasteiger partial charge in [0, 0.05) is 32.7 Å². The number of likely N-dealkylation sites (N-methyl/N-ethyl adjacent to an activating group) is 1. The summed E-state index contributed by atoms with van der Waals surface area (Å²) in [6.07, 6.45) is 1.75. The molecule has 0 atom stereocenters. The number of rotatable bonds is 7. The third kappa shape index (κ3) is 4.82. The van der Waals surface area contributed by atoms with Gasteiger partial charge in [0.05, 0.1) is 20.4 Å². The predicted octanol–water partition coefficient (Wildman–Crippen LogP) is 0.0834. The lowest BCUT2D eigenvalue weighted by Gasteiger charge is -2.30. The van der Waals surface area contributed by atoms with Crippen LogP contribution in [0.5, 0.6) is 17.4 Å². The summed E-state index contributed by atoms with van der Waals surface area (Å²) in [6, 6.07) is 5.44. The molecule has 10 heteroatoms. The highest BCUT2D eigenvalue weighted by Crippen LogP contribution is 2.27. The Morgan fingerprint density at radius 1 is 1.13 bits per heavy atom. The van der Waals surface area contributed by atoms with Gasteiger partial charge < -0.3 is 19.5 Å². The Bertz CT molecular complexity index is 1020. The van der Waals surface area contributed by atoms with Crippen LogP contribution in [0, 0.1) is 0 Å². The molecule has 0 bridgehead atoms. The zero-order chi connectivity index (χ0) is 21.7. The summed E-state index contributed by atoms with van der Waals surface area (Å²) in [7, 11) is 5.14. The second-order valence-electron chi connectivity index (χ2n) is 7.09. The summed E-state index contributed by atoms with van der Waals surface area (Å²) in [5, 5.41) is 16.7. The van der Waals surface area contributed by atoms with E-state index >= 15 is 0 Å². The molecule has 0 spiro atoms. The Hall–Kier alpha value is -3.27. The number of nitrogens with zero attached hydrogens (tertiary/aromatic N) is 4. The molecule has 1 fully saturated rings. The van der Waals surface area contributed by atoms with Crippen LogP contribution in [0.15, 0.2) is 32.9 Å². The topological polar surface area (TPSA) is 112 Å². The number of aromatic nitrogens is 2. The first kappa shape index (κ1) is 21.4. The highest BCUT2D eigenvalue weighted by molar-refractivity contribution is 5.81. The SMILES string of the molecule is COc1ccc(CCn2c(O)c(/C=N/N3CCN(C)CC3)c(=O)[nH]c2=O)cc1OC. The van der Waals surface area contributed by atoms with Crippen LogP contribution in [-0.4, -0.2) is 78.2 Å². The van der Waals surface area contributed by atoms with Gasteiger partial charge in [-0.1, -0.05) is 6.07 Å². The van der Waals surface area contributed by atoms with E-state index in [1.165, 1.54) is 6.21 Å². The molecule has 1 aliphatic heterocycles. The smallest absolute Gasteiger partial charge is 0.331 e. The quantitative estimate of drug-likeness (QED) is 0.614. The van der Waals surface area contributed by atoms with E-state index in [-0.39, 0.29) is 12.1 Å². The van der Waals surface area contributed by atoms with Crippen LogP contribution in [0.2, 0.25) is 0 Å². The number of piperazine rings is 1. The molecule has 3 rings (SSSR count). The van der Waals surface area contributed by atoms with Crippen LogP contribution in [-0.2, 0) is 13.0 Å². The average Bonchev–Trinajstić information content (AvgIpc) is 2.74. The maximum Gasteiger partial charge on any atom is 0.331 e. The van der Waals surface area contributed by atoms with Gasteiger partial charge in [-0.2, -0.15) is 5.10 Å². The van der Waals surface area contributed by atoms with Crippen molar-refractivity contribution in [3.8, 4) is 17.4 Å². The van der Waals surface area contributed by atoms with E-state index < -0.39 is 17.1 Å². The summed E-state index contributed by atoms with van der Waals surface area (Å²) in [5.74, 6) is 0.780. The van der Waals surface area contributed by atoms with Crippen LogP contribution in [0.3, 0.4) is 0 Å². The lowest BCUT2D eigenvalue weighted by molar-refractivity contribution is 0.159. The fraction of sp³-hybridized carbons (Fsp3) is 0.450. The van der Waals surface area contributed by atoms with Gasteiger partial charge in [0.2, 0.25) is 5.88 Å². The number of methoxy groups -OCH3 is 2. The van der Waals surface area contributed by atoms with Crippen molar-refractivity contribution in [1.82, 2.24) is 19.5 Å². The van der Waals surface area contributed by atoms with Gasteiger partial charge >= 0.3 is 5.69 Å². The van der Waals surface area contributed by atoms with Crippen molar-refractivity contribution in [2.45, 2.75) is 13.0 Å². The molecule has 0 amide bonds. The lowest BCUT2D eigenvalue weighted by atomic mass is 10.1. The average molecular weight is 417 g/mol. The minimum atomic E-state index is -0.672. The fourth-order valence-electron chi connectivity index (χ4n) is 3.23. The van der Waals surface area contributed by atoms with E-state index in [1.807, 2.05) is 24.2 Å². The summed E-state index contributed by atoms with van der Waals surface area (Å²) < 4.78 is 11.6. The number of benzene rings is 1. The number of H-pyrrole nitrogens is 1. The Morgan fingerprint density at radius 3 is 2.50 bits per heavy atom. The van der Waals surface area contributed by atoms with Crippen LogP contribution in [0.4, 0.5) is 0 Å². The first-order valence-electron chi connectivity index (χ1n) is 9.67. The fourth-order valence-corrected chi connectivity index (χ4v) is 3.23. The molecule has 30 heavy (non-hydrogen) atoms. The molecule has 1 aliphatic rings. The summed E-state index contributed by atoms with van der Waals surface area (Å²) in [6.45, 7) is 3.36. The number of ether oxygens (including phenoxy) is 2. The number of aryl methyl sites for hydroxylation is 1. The third-order valence-electron chi connectivity index (χ3n) is 5.11. The van der Waals surface area contributed by atoms with Crippen LogP contribution >= 0.6 is 0 Å². The summed E-state index contributed by atoms with van der Waals surface area (Å²) in [5.41, 5.74) is -0.494. The van der Waals surface area contributed by atoms with E-state index in [4.69, 9.17) is 9.47 Å². The largest absolute Gasteiger partial charge is 0.494 e. The zero-order valence-electron chi connectivity index (χ0n) is 17.4. The molecule has 0 saturated carbocycles. The molecule has 2 heterocycles. The molecule has 0 unspecified atom stereocenters. The van der Waals surface area contributed by atoms with Gasteiger partial charge in [-0.05, 0) is 31.2 Å². The third-order valence-corrected chi connectivity index (χ3v) is 5.11. The van der Waals surface area contributed by atoms with Crippen molar-refractivity contribution in [3.05, 3.63) is 50.2 Å². The number of hydrogen-bond acceptors (Lipinski definition) is 8. The van der Waals surface area contributed by atoms with E-state index in [9.17, 15) is 14.7 Å². The van der Waals surface area contributed by atoms with Crippen LogP contribution in [0.1, 0.15) is 11.1 Å². The molecular weight excluding hydrogens is 390 g/mol. The van der Waals surface area contributed by atoms with Crippen LogP contribution < -0.4 is 20.7 Å². The summed E-state index contributed by atoms with van der Waals surface area (Å²) in [4.78, 5) is 28.9. The van der Waals surface area contributed by atoms with Gasteiger partial charge in [0.25, 0.3) is 5.56 Å². The van der Waals surface area contributed by atoms with Crippen LogP contribution in [0.25, 0.3) is 0 Å². The first-order chi connectivity index (χ1) is 14.4. The Labute approximate surface area is 174 Å². The molecule has 2 aromatic rings. The van der Waals surface area contributed by atoms with Crippen molar-refractivity contribution in [2.24, 2.45) is 5.10 Å². The highest BCUT2D eigenvalue weighted by Gasteiger charge is 2.15. The van der Waals surface area contributed by atoms with E-state index in [0.717, 1.165) is 36.3 Å². The summed E-state index contributed by atoms with van der Waals surface area (Å²) >= 11 is 0. The second-order valence-corrected chi connectivity index (χ2v) is 7.09. The number of nitrogens with one attached hydrogen (secondary N) is 1. The van der Waals surface area contributed by atoms with Gasteiger partial charge in [0.1, 0.15) is 5.56 Å². The minimum Gasteiger partial charge on any atom is -0.494 e. The zero-order valence-corrected chi connectivity index (χ0v) is 17.4. The Kier molecular flexibility index (Phi) is 6.78. The van der Waals surface area contributed by atoms with Crippen molar-refractivity contribution in [1.29, 1.82) is 0 Å². The number of aromatic hydroxyl groups is 1. The van der Waals surface area contributed by atoms with Crippen molar-refractivity contribution >= 4 is 6.21 Å². The monoisotopic (exact) mass is 417 g/mol. The molecule has 2 N–H and O–H groups in total. The maximum atomic E-state index is 12.2. The molecular formula is C20H27N5O5. The Morgan fingerprint density at radius 2 is 1.83 bits per heavy atom. The maximum absolute atomic E-state index is 12.2. The number of hydrazone groups is 1. The molecule has 1 aromatic heterocycles. The number of aromatic amines is 1. The van der Waals surface area contributed by atoms with Crippen molar-refractivity contribution in [3.63, 3.8) is 0 Å². The normalized spacial score (nSPS) is 15.0. The van der Waals surface area contributed by atoms with Gasteiger partial charge in [0.15, 0.2) is 11.5 Å². The highest BCUT2D eigenvalue weighted by atomic mass is 16.5. The number of hydrogen-bond donors (Lipinski definition) is 2. The first-order valence-corrected chi connectivity index (χ1v) is 9.67. The Balaban J connectivity index is 1.79. The van der Waals surface area contributed by atoms with Crippen molar-refractivity contribution < 1.29 is 14.6 Å². The lowest BCUT2D eigenvalue weighted by Crippen LogP contribution is -2.42. The van der Waals surface area contributed by atoms with E-state index in [1.54, 1.807) is 20.3 Å². The second kappa shape index (κ2) is 9.49. The molecule has 1 aromatic carbocycles. The molecule has 10 nitrogen and oxygen atoms in total. The molecule has 0 aliphatic carbocycles. The van der Waals surface area contributed by atoms with Gasteiger partial charge in [-0.3, -0.25) is 19.4 Å². The van der Waals surface area contributed by atoms with Crippen molar-refractivity contribution in [2.75, 3.05) is 47.4 Å². The molecule has 1 saturated heterocycles. The molecule has 162 valence electrons. The van der Waals surface area contributed by atoms with Gasteiger partial charge in [-0.25, -0.2) is 4.79 Å². The standard InChI is InChI=1S/C20H27N5O5/c1-23-8-10-24(11-9-23)21-13-15-18(26)22-20(28)25(19(15)27)7-6-14-4-5-16(29-2)17(12-14)30-3/h4-5,12-13,27H,6-11H2,1-3H3,(H,22,26,28)/b21-13+.